The molecular weight excluding hydrogens is 256 g/mol. The lowest BCUT2D eigenvalue weighted by Gasteiger charge is -2.10. The molecule has 1 unspecified atom stereocenters. The summed E-state index contributed by atoms with van der Waals surface area (Å²) in [7, 11) is 0. The van der Waals surface area contributed by atoms with Gasteiger partial charge in [-0.3, -0.25) is 0 Å². The van der Waals surface area contributed by atoms with Gasteiger partial charge in [-0.25, -0.2) is 9.78 Å². The Morgan fingerprint density at radius 3 is 2.76 bits per heavy atom. The second-order valence-electron chi connectivity index (χ2n) is 3.65. The number of thiophene rings is 1. The molecule has 2 N–H and O–H groups in total. The molecule has 0 fully saturated rings. The molecule has 0 aromatic carbocycles. The van der Waals surface area contributed by atoms with Crippen molar-refractivity contribution in [1.29, 1.82) is 0 Å². The monoisotopic (exact) mass is 268 g/mol. The van der Waals surface area contributed by atoms with Crippen LogP contribution in [0.15, 0.2) is 18.3 Å². The zero-order chi connectivity index (χ0) is 12.4. The van der Waals surface area contributed by atoms with E-state index in [1.165, 1.54) is 16.0 Å². The largest absolute Gasteiger partial charge is 0.477 e. The van der Waals surface area contributed by atoms with Crippen molar-refractivity contribution in [2.45, 2.75) is 19.9 Å². The smallest absolute Gasteiger partial charge is 0.347 e. The zero-order valence-electron chi connectivity index (χ0n) is 9.43. The van der Waals surface area contributed by atoms with Crippen LogP contribution < -0.4 is 5.32 Å². The van der Waals surface area contributed by atoms with Crippen LogP contribution >= 0.6 is 22.7 Å². The second kappa shape index (κ2) is 4.85. The normalized spacial score (nSPS) is 12.4. The number of hydrogen-bond donors (Lipinski definition) is 2. The third-order valence-corrected chi connectivity index (χ3v) is 4.34. The van der Waals surface area contributed by atoms with Gasteiger partial charge in [-0.05, 0) is 26.0 Å². The summed E-state index contributed by atoms with van der Waals surface area (Å²) >= 11 is 2.88. The molecule has 0 spiro atoms. The van der Waals surface area contributed by atoms with Crippen molar-refractivity contribution < 1.29 is 9.90 Å². The Bertz CT molecular complexity index is 533. The Labute approximate surface area is 107 Å². The number of carbonyl (C=O) groups is 1. The minimum Gasteiger partial charge on any atom is -0.477 e. The first-order valence-electron chi connectivity index (χ1n) is 5.08. The van der Waals surface area contributed by atoms with E-state index in [4.69, 9.17) is 5.11 Å². The minimum atomic E-state index is -0.935. The van der Waals surface area contributed by atoms with Crippen LogP contribution in [0.3, 0.4) is 0 Å². The highest BCUT2D eigenvalue weighted by atomic mass is 32.1. The van der Waals surface area contributed by atoms with E-state index in [1.54, 1.807) is 11.3 Å². The summed E-state index contributed by atoms with van der Waals surface area (Å²) in [5, 5.41) is 12.6. The number of nitrogens with one attached hydrogen (secondary N) is 1. The van der Waals surface area contributed by atoms with E-state index in [0.717, 1.165) is 11.3 Å². The maximum absolute atomic E-state index is 10.7. The van der Waals surface area contributed by atoms with E-state index >= 15 is 0 Å². The topological polar surface area (TPSA) is 62.2 Å². The van der Waals surface area contributed by atoms with Gasteiger partial charge >= 0.3 is 5.97 Å². The Kier molecular flexibility index (Phi) is 3.44. The fourth-order valence-electron chi connectivity index (χ4n) is 1.38. The van der Waals surface area contributed by atoms with Crippen LogP contribution in [-0.4, -0.2) is 16.1 Å². The van der Waals surface area contributed by atoms with Crippen LogP contribution in [0.5, 0.6) is 0 Å². The molecule has 1 atom stereocenters. The molecule has 0 saturated heterocycles. The summed E-state index contributed by atoms with van der Waals surface area (Å²) in [4.78, 5) is 17.5. The summed E-state index contributed by atoms with van der Waals surface area (Å²) < 4.78 is 0. The Morgan fingerprint density at radius 2 is 2.24 bits per heavy atom. The zero-order valence-corrected chi connectivity index (χ0v) is 11.1. The molecule has 4 nitrogen and oxygen atoms in total. The highest BCUT2D eigenvalue weighted by Gasteiger charge is 2.12. The van der Waals surface area contributed by atoms with Gasteiger partial charge in [0.15, 0.2) is 5.13 Å². The van der Waals surface area contributed by atoms with Gasteiger partial charge in [0.05, 0.1) is 12.2 Å². The molecule has 0 saturated carbocycles. The number of aromatic carboxylic acids is 1. The SMILES string of the molecule is Cc1ccc(C(C)Nc2ncc(C(=O)O)s2)s1. The van der Waals surface area contributed by atoms with Crippen LogP contribution in [-0.2, 0) is 0 Å². The number of thiazole rings is 1. The minimum absolute atomic E-state index is 0.140. The summed E-state index contributed by atoms with van der Waals surface area (Å²) in [5.41, 5.74) is 0. The average molecular weight is 268 g/mol. The van der Waals surface area contributed by atoms with Crippen LogP contribution in [0.2, 0.25) is 0 Å². The summed E-state index contributed by atoms with van der Waals surface area (Å²) in [6.45, 7) is 4.10. The third-order valence-electron chi connectivity index (χ3n) is 2.24. The van der Waals surface area contributed by atoms with Crippen LogP contribution in [0.4, 0.5) is 5.13 Å². The number of carboxylic acids is 1. The number of hydrogen-bond acceptors (Lipinski definition) is 5. The van der Waals surface area contributed by atoms with Gasteiger partial charge in [0.2, 0.25) is 0 Å². The first kappa shape index (κ1) is 12.1. The van der Waals surface area contributed by atoms with Crippen molar-refractivity contribution in [2.75, 3.05) is 5.32 Å². The molecule has 0 amide bonds. The van der Waals surface area contributed by atoms with E-state index in [2.05, 4.69) is 29.4 Å². The standard InChI is InChI=1S/C11H12N2O2S2/c1-6-3-4-8(16-6)7(2)13-11-12-5-9(17-11)10(14)15/h3-5,7H,1-2H3,(H,12,13)(H,14,15). The fraction of sp³-hybridized carbons (Fsp3) is 0.273. The van der Waals surface area contributed by atoms with Gasteiger partial charge in [0.1, 0.15) is 4.88 Å². The number of anilines is 1. The number of aryl methyl sites for hydroxylation is 1. The number of aromatic nitrogens is 1. The molecule has 2 aromatic rings. The van der Waals surface area contributed by atoms with Gasteiger partial charge in [0, 0.05) is 9.75 Å². The predicted molar refractivity (Wildman–Crippen MR) is 70.2 cm³/mol. The summed E-state index contributed by atoms with van der Waals surface area (Å²) in [6.07, 6.45) is 1.38. The Morgan fingerprint density at radius 1 is 1.47 bits per heavy atom. The first-order chi connectivity index (χ1) is 8.06. The molecule has 17 heavy (non-hydrogen) atoms. The molecule has 0 aliphatic heterocycles. The highest BCUT2D eigenvalue weighted by Crippen LogP contribution is 2.27. The highest BCUT2D eigenvalue weighted by molar-refractivity contribution is 7.17. The van der Waals surface area contributed by atoms with E-state index in [1.807, 2.05) is 6.92 Å². The van der Waals surface area contributed by atoms with Crippen molar-refractivity contribution in [2.24, 2.45) is 0 Å². The third kappa shape index (κ3) is 2.83. The van der Waals surface area contributed by atoms with Crippen molar-refractivity contribution in [3.05, 3.63) is 33.0 Å². The number of nitrogens with zero attached hydrogens (tertiary/aromatic N) is 1. The lowest BCUT2D eigenvalue weighted by Crippen LogP contribution is -2.03. The van der Waals surface area contributed by atoms with Gasteiger partial charge in [0.25, 0.3) is 0 Å². The van der Waals surface area contributed by atoms with Gasteiger partial charge in [-0.1, -0.05) is 11.3 Å². The molecule has 0 aliphatic carbocycles. The lowest BCUT2D eigenvalue weighted by molar-refractivity contribution is 0.0702. The maximum atomic E-state index is 10.7. The summed E-state index contributed by atoms with van der Waals surface area (Å²) in [6, 6.07) is 4.29. The molecule has 2 aromatic heterocycles. The molecular formula is C11H12N2O2S2. The van der Waals surface area contributed by atoms with Crippen molar-refractivity contribution in [3.63, 3.8) is 0 Å². The van der Waals surface area contributed by atoms with E-state index in [9.17, 15) is 4.79 Å². The van der Waals surface area contributed by atoms with E-state index < -0.39 is 5.97 Å². The van der Waals surface area contributed by atoms with Gasteiger partial charge in [-0.15, -0.1) is 11.3 Å². The molecule has 6 heteroatoms. The predicted octanol–water partition coefficient (Wildman–Crippen LogP) is 3.38. The molecule has 0 radical (unpaired) electrons. The number of rotatable bonds is 4. The van der Waals surface area contributed by atoms with Crippen LogP contribution in [0, 0.1) is 6.92 Å². The van der Waals surface area contributed by atoms with Gasteiger partial charge < -0.3 is 10.4 Å². The fourth-order valence-corrected chi connectivity index (χ4v) is 3.00. The molecule has 2 heterocycles. The molecule has 0 aliphatic rings. The quantitative estimate of drug-likeness (QED) is 0.892. The summed E-state index contributed by atoms with van der Waals surface area (Å²) in [5.74, 6) is -0.935. The second-order valence-corrected chi connectivity index (χ2v) is 6.00. The van der Waals surface area contributed by atoms with Crippen molar-refractivity contribution in [3.8, 4) is 0 Å². The van der Waals surface area contributed by atoms with Crippen LogP contribution in [0.25, 0.3) is 0 Å². The van der Waals surface area contributed by atoms with Crippen LogP contribution in [0.1, 0.15) is 32.4 Å². The number of carboxylic acid groups (broad SMARTS) is 1. The van der Waals surface area contributed by atoms with Gasteiger partial charge in [-0.2, -0.15) is 0 Å². The van der Waals surface area contributed by atoms with Crippen molar-refractivity contribution >= 4 is 33.8 Å². The van der Waals surface area contributed by atoms with Crippen molar-refractivity contribution in [1.82, 2.24) is 4.98 Å². The maximum Gasteiger partial charge on any atom is 0.347 e. The molecule has 0 bridgehead atoms. The van der Waals surface area contributed by atoms with E-state index in [-0.39, 0.29) is 10.9 Å². The lowest BCUT2D eigenvalue weighted by atomic mass is 10.3. The average Bonchev–Trinajstić information content (AvgIpc) is 2.86. The molecule has 90 valence electrons. The Balaban J connectivity index is 2.07. The Hall–Kier alpha value is -1.40. The van der Waals surface area contributed by atoms with E-state index in [0.29, 0.717) is 5.13 Å². The molecule has 2 rings (SSSR count). The first-order valence-corrected chi connectivity index (χ1v) is 6.71.